The lowest BCUT2D eigenvalue weighted by molar-refractivity contribution is -0.145. The van der Waals surface area contributed by atoms with Gasteiger partial charge in [0.2, 0.25) is 0 Å². The quantitative estimate of drug-likeness (QED) is 0.694. The van der Waals surface area contributed by atoms with Crippen molar-refractivity contribution in [3.05, 3.63) is 62.8 Å². The Morgan fingerprint density at radius 3 is 2.92 bits per heavy atom. The molecule has 26 heavy (non-hydrogen) atoms. The largest absolute Gasteiger partial charge is 0.465 e. The lowest BCUT2D eigenvalue weighted by atomic mass is 10.1. The average Bonchev–Trinajstić information content (AvgIpc) is 3.29. The Morgan fingerprint density at radius 1 is 1.38 bits per heavy atom. The number of H-pyrrole nitrogens is 1. The van der Waals surface area contributed by atoms with Gasteiger partial charge in [0.1, 0.15) is 6.33 Å². The summed E-state index contributed by atoms with van der Waals surface area (Å²) >= 11 is 5.89. The number of carbonyl (C=O) groups is 1. The number of aromatic nitrogens is 4. The number of ether oxygens (including phenoxy) is 1. The van der Waals surface area contributed by atoms with E-state index in [0.29, 0.717) is 28.5 Å². The third-order valence-electron chi connectivity index (χ3n) is 4.72. The number of halogens is 1. The van der Waals surface area contributed by atoms with Gasteiger partial charge in [0.25, 0.3) is 11.3 Å². The molecule has 2 atom stereocenters. The fraction of sp³-hybridized carbons (Fsp3) is 0.333. The van der Waals surface area contributed by atoms with Crippen molar-refractivity contribution in [2.45, 2.75) is 25.7 Å². The van der Waals surface area contributed by atoms with Gasteiger partial charge >= 0.3 is 5.97 Å². The number of aryl methyl sites for hydroxylation is 1. The summed E-state index contributed by atoms with van der Waals surface area (Å²) in [6.07, 6.45) is 2.52. The normalized spacial score (nSPS) is 18.8. The highest BCUT2D eigenvalue weighted by Crippen LogP contribution is 2.48. The summed E-state index contributed by atoms with van der Waals surface area (Å²) in [5.74, 6) is 0.178. The van der Waals surface area contributed by atoms with Crippen LogP contribution in [0.4, 0.5) is 0 Å². The number of fused-ring (bicyclic) bond motifs is 1. The van der Waals surface area contributed by atoms with Gasteiger partial charge in [-0.25, -0.2) is 9.97 Å². The number of hydrogen-bond acceptors (Lipinski definition) is 5. The van der Waals surface area contributed by atoms with Crippen molar-refractivity contribution in [2.24, 2.45) is 5.92 Å². The summed E-state index contributed by atoms with van der Waals surface area (Å²) in [6, 6.07) is 7.53. The molecule has 4 rings (SSSR count). The van der Waals surface area contributed by atoms with E-state index in [4.69, 9.17) is 16.3 Å². The minimum atomic E-state index is -0.224. The van der Waals surface area contributed by atoms with E-state index in [9.17, 15) is 9.59 Å². The molecule has 7 nitrogen and oxygen atoms in total. The molecule has 3 aromatic rings. The van der Waals surface area contributed by atoms with Crippen LogP contribution in [0, 0.1) is 12.8 Å². The van der Waals surface area contributed by atoms with Crippen molar-refractivity contribution in [1.82, 2.24) is 19.6 Å². The van der Waals surface area contributed by atoms with Crippen molar-refractivity contribution in [1.29, 1.82) is 0 Å². The zero-order valence-electron chi connectivity index (χ0n) is 14.1. The maximum Gasteiger partial charge on any atom is 0.309 e. The number of hydrogen-bond donors (Lipinski definition) is 1. The van der Waals surface area contributed by atoms with Crippen LogP contribution < -0.4 is 5.56 Å². The first-order valence-corrected chi connectivity index (χ1v) is 8.76. The molecule has 2 heterocycles. The summed E-state index contributed by atoms with van der Waals surface area (Å²) in [6.45, 7) is 1.91. The summed E-state index contributed by atoms with van der Waals surface area (Å²) in [4.78, 5) is 32.9. The van der Waals surface area contributed by atoms with Crippen molar-refractivity contribution in [3.8, 4) is 0 Å². The van der Waals surface area contributed by atoms with Gasteiger partial charge in [-0.3, -0.25) is 14.7 Å². The molecule has 0 spiro atoms. The molecular weight excluding hydrogens is 356 g/mol. The molecule has 2 aromatic heterocycles. The maximum atomic E-state index is 12.4. The summed E-state index contributed by atoms with van der Waals surface area (Å²) in [5.41, 5.74) is 2.00. The number of nitrogens with one attached hydrogen (secondary N) is 1. The van der Waals surface area contributed by atoms with Crippen LogP contribution >= 0.6 is 11.6 Å². The van der Waals surface area contributed by atoms with Gasteiger partial charge in [-0.15, -0.1) is 0 Å². The van der Waals surface area contributed by atoms with Gasteiger partial charge in [0, 0.05) is 17.0 Å². The fourth-order valence-corrected chi connectivity index (χ4v) is 3.30. The number of rotatable bonds is 5. The van der Waals surface area contributed by atoms with Crippen LogP contribution in [-0.2, 0) is 16.0 Å². The maximum absolute atomic E-state index is 12.4. The Hall–Kier alpha value is -2.67. The van der Waals surface area contributed by atoms with Crippen LogP contribution in [0.2, 0.25) is 5.02 Å². The molecule has 0 saturated heterocycles. The van der Waals surface area contributed by atoms with Crippen molar-refractivity contribution < 1.29 is 9.53 Å². The molecule has 8 heteroatoms. The summed E-state index contributed by atoms with van der Waals surface area (Å²) in [7, 11) is 0. The minimum Gasteiger partial charge on any atom is -0.465 e. The number of esters is 1. The zero-order chi connectivity index (χ0) is 18.3. The second-order valence-corrected chi connectivity index (χ2v) is 6.86. The van der Waals surface area contributed by atoms with Gasteiger partial charge in [-0.1, -0.05) is 23.7 Å². The van der Waals surface area contributed by atoms with Crippen molar-refractivity contribution >= 4 is 23.3 Å². The van der Waals surface area contributed by atoms with Crippen molar-refractivity contribution in [3.63, 3.8) is 0 Å². The monoisotopic (exact) mass is 372 g/mol. The number of carbonyl (C=O) groups excluding carboxylic acids is 1. The number of nitrogens with zero attached hydrogens (tertiary/aromatic N) is 3. The van der Waals surface area contributed by atoms with E-state index in [1.165, 1.54) is 10.8 Å². The predicted molar refractivity (Wildman–Crippen MR) is 95.3 cm³/mol. The second-order valence-electron chi connectivity index (χ2n) is 6.42. The van der Waals surface area contributed by atoms with Crippen LogP contribution in [0.15, 0.2) is 35.4 Å². The van der Waals surface area contributed by atoms with Gasteiger partial charge in [0.05, 0.1) is 18.2 Å². The van der Waals surface area contributed by atoms with Gasteiger partial charge in [-0.2, -0.15) is 4.52 Å². The molecule has 1 aromatic carbocycles. The average molecular weight is 373 g/mol. The molecule has 0 aliphatic heterocycles. The van der Waals surface area contributed by atoms with Crippen LogP contribution in [0.5, 0.6) is 0 Å². The Bertz CT molecular complexity index is 1030. The first kappa shape index (κ1) is 16.8. The zero-order valence-corrected chi connectivity index (χ0v) is 14.9. The Balaban J connectivity index is 1.36. The Kier molecular flexibility index (Phi) is 4.24. The van der Waals surface area contributed by atoms with Crippen molar-refractivity contribution in [2.75, 3.05) is 6.61 Å². The summed E-state index contributed by atoms with van der Waals surface area (Å²) < 4.78 is 6.66. The van der Waals surface area contributed by atoms with E-state index < -0.39 is 0 Å². The van der Waals surface area contributed by atoms with E-state index in [2.05, 4.69) is 15.1 Å². The lowest BCUT2D eigenvalue weighted by Gasteiger charge is -2.07. The molecule has 1 fully saturated rings. The third kappa shape index (κ3) is 3.10. The van der Waals surface area contributed by atoms with Crippen LogP contribution in [0.1, 0.15) is 29.2 Å². The van der Waals surface area contributed by atoms with E-state index in [1.807, 2.05) is 24.3 Å². The highest BCUT2D eigenvalue weighted by atomic mass is 35.5. The van der Waals surface area contributed by atoms with Gasteiger partial charge < -0.3 is 4.74 Å². The first-order chi connectivity index (χ1) is 12.5. The van der Waals surface area contributed by atoms with E-state index in [-0.39, 0.29) is 30.0 Å². The lowest BCUT2D eigenvalue weighted by Crippen LogP contribution is -2.23. The van der Waals surface area contributed by atoms with E-state index >= 15 is 0 Å². The first-order valence-electron chi connectivity index (χ1n) is 8.38. The summed E-state index contributed by atoms with van der Waals surface area (Å²) in [5, 5.41) is 3.40. The molecule has 1 saturated carbocycles. The molecule has 1 N–H and O–H groups in total. The molecule has 0 radical (unpaired) electrons. The molecule has 0 unspecified atom stereocenters. The molecular formula is C18H17ClN4O3. The highest BCUT2D eigenvalue weighted by molar-refractivity contribution is 6.30. The number of benzene rings is 1. The van der Waals surface area contributed by atoms with Gasteiger partial charge in [-0.05, 0) is 37.0 Å². The van der Waals surface area contributed by atoms with Crippen LogP contribution in [-0.4, -0.2) is 32.2 Å². The topological polar surface area (TPSA) is 89.3 Å². The minimum absolute atomic E-state index is 0.119. The molecule has 0 amide bonds. The van der Waals surface area contributed by atoms with Crippen LogP contribution in [0.3, 0.4) is 0 Å². The Labute approximate surface area is 154 Å². The van der Waals surface area contributed by atoms with Crippen LogP contribution in [0.25, 0.3) is 5.78 Å². The third-order valence-corrected chi connectivity index (χ3v) is 4.97. The molecule has 0 bridgehead atoms. The van der Waals surface area contributed by atoms with E-state index in [1.54, 1.807) is 6.92 Å². The fourth-order valence-electron chi connectivity index (χ4n) is 3.18. The Morgan fingerprint density at radius 2 is 2.15 bits per heavy atom. The predicted octanol–water partition coefficient (Wildman–Crippen LogP) is 2.27. The standard InChI is InChI=1S/C18H17ClN4O3/c1-10-13(16(24)23-18(22-10)20-9-21-23)6-7-26-17(25)15-8-14(15)11-2-4-12(19)5-3-11/h2-5,9,14-15H,6-8H2,1H3,(H,20,21,22)/t14-,15-/m1/s1. The molecule has 1 aliphatic carbocycles. The molecule has 1 aliphatic rings. The number of aromatic amines is 1. The highest BCUT2D eigenvalue weighted by Gasteiger charge is 2.45. The van der Waals surface area contributed by atoms with Gasteiger partial charge in [0.15, 0.2) is 0 Å². The second kappa shape index (κ2) is 6.57. The SMILES string of the molecule is Cc1nc2nc[nH]n2c(=O)c1CCOC(=O)[C@@H]1C[C@@H]1c1ccc(Cl)cc1. The smallest absolute Gasteiger partial charge is 0.309 e. The molecule has 134 valence electrons. The van der Waals surface area contributed by atoms with E-state index in [0.717, 1.165) is 12.0 Å².